The number of benzene rings is 1. The van der Waals surface area contributed by atoms with E-state index in [1.807, 2.05) is 22.7 Å². The van der Waals surface area contributed by atoms with Crippen LogP contribution in [0, 0.1) is 5.92 Å². The van der Waals surface area contributed by atoms with Crippen molar-refractivity contribution in [3.63, 3.8) is 0 Å². The van der Waals surface area contributed by atoms with Crippen molar-refractivity contribution in [2.45, 2.75) is 31.1 Å². The van der Waals surface area contributed by atoms with E-state index in [0.29, 0.717) is 11.6 Å². The molecule has 2 aromatic heterocycles. The van der Waals surface area contributed by atoms with E-state index in [1.54, 1.807) is 6.20 Å². The summed E-state index contributed by atoms with van der Waals surface area (Å²) in [6.45, 7) is 3.33. The third-order valence-electron chi connectivity index (χ3n) is 6.38. The van der Waals surface area contributed by atoms with Crippen LogP contribution < -0.4 is 5.32 Å². The van der Waals surface area contributed by atoms with Crippen LogP contribution in [-0.4, -0.2) is 90.4 Å². The zero-order valence-electron chi connectivity index (χ0n) is 18.2. The van der Waals surface area contributed by atoms with Crippen molar-refractivity contribution in [1.29, 1.82) is 0 Å². The highest BCUT2D eigenvalue weighted by Crippen LogP contribution is 2.27. The van der Waals surface area contributed by atoms with E-state index in [0.717, 1.165) is 23.0 Å². The summed E-state index contributed by atoms with van der Waals surface area (Å²) in [6.07, 6.45) is 1.49. The number of carboxylic acid groups (broad SMARTS) is 2. The first-order valence-electron chi connectivity index (χ1n) is 11.0. The van der Waals surface area contributed by atoms with Crippen molar-refractivity contribution in [1.82, 2.24) is 19.6 Å². The molecular formula is C23H26N4O7. The molecule has 3 aromatic rings. The van der Waals surface area contributed by atoms with Crippen molar-refractivity contribution in [2.75, 3.05) is 19.6 Å². The van der Waals surface area contributed by atoms with E-state index in [2.05, 4.69) is 33.4 Å². The number of nitrogens with zero attached hydrogens (tertiary/aromatic N) is 3. The maximum absolute atomic E-state index is 12.7. The molecule has 1 amide bonds. The molecule has 2 unspecified atom stereocenters. The Kier molecular flexibility index (Phi) is 6.77. The van der Waals surface area contributed by atoms with E-state index in [-0.39, 0.29) is 11.9 Å². The molecule has 0 spiro atoms. The van der Waals surface area contributed by atoms with Crippen molar-refractivity contribution < 1.29 is 34.8 Å². The van der Waals surface area contributed by atoms with Crippen molar-refractivity contribution in [2.24, 2.45) is 5.92 Å². The largest absolute Gasteiger partial charge is 0.479 e. The zero-order valence-corrected chi connectivity index (χ0v) is 18.2. The van der Waals surface area contributed by atoms with Crippen molar-refractivity contribution in [3.05, 3.63) is 48.4 Å². The number of nitrogens with one attached hydrogen (secondary N) is 1. The summed E-state index contributed by atoms with van der Waals surface area (Å²) in [5.41, 5.74) is 2.60. The lowest BCUT2D eigenvalue weighted by atomic mass is 9.84. The summed E-state index contributed by atoms with van der Waals surface area (Å²) >= 11 is 0. The fraction of sp³-hybridized carbons (Fsp3) is 0.391. The lowest BCUT2D eigenvalue weighted by Crippen LogP contribution is -2.57. The van der Waals surface area contributed by atoms with Gasteiger partial charge in [-0.1, -0.05) is 18.2 Å². The fourth-order valence-electron chi connectivity index (χ4n) is 4.49. The molecule has 3 saturated heterocycles. The summed E-state index contributed by atoms with van der Waals surface area (Å²) < 4.78 is 2.05. The van der Waals surface area contributed by atoms with E-state index >= 15 is 0 Å². The Morgan fingerprint density at radius 2 is 1.68 bits per heavy atom. The number of amides is 1. The van der Waals surface area contributed by atoms with Gasteiger partial charge < -0.3 is 35.0 Å². The highest BCUT2D eigenvalue weighted by molar-refractivity contribution is 5.94. The van der Waals surface area contributed by atoms with Gasteiger partial charge in [-0.25, -0.2) is 14.6 Å². The molecule has 5 heterocycles. The molecule has 11 nitrogen and oxygen atoms in total. The molecule has 3 atom stereocenters. The number of rotatable bonds is 5. The topological polar surface area (TPSA) is 165 Å². The van der Waals surface area contributed by atoms with Crippen LogP contribution in [0.2, 0.25) is 0 Å². The van der Waals surface area contributed by atoms with E-state index in [9.17, 15) is 14.4 Å². The number of hydrogen-bond acceptors (Lipinski definition) is 7. The fourth-order valence-corrected chi connectivity index (χ4v) is 4.49. The molecular weight excluding hydrogens is 444 g/mol. The number of carboxylic acids is 2. The Bertz CT molecular complexity index is 1200. The predicted molar refractivity (Wildman–Crippen MR) is 120 cm³/mol. The van der Waals surface area contributed by atoms with Gasteiger partial charge >= 0.3 is 11.9 Å². The van der Waals surface area contributed by atoms with Gasteiger partial charge in [0.1, 0.15) is 5.69 Å². The monoisotopic (exact) mass is 470 g/mol. The number of aliphatic carboxylic acids is 2. The lowest BCUT2D eigenvalue weighted by molar-refractivity contribution is -0.165. The van der Waals surface area contributed by atoms with Crippen molar-refractivity contribution >= 4 is 34.3 Å². The molecule has 2 bridgehead atoms. The lowest BCUT2D eigenvalue weighted by Gasteiger charge is -2.44. The Hall–Kier alpha value is -3.54. The Balaban J connectivity index is 0.000000235. The first-order valence-corrected chi connectivity index (χ1v) is 11.0. The number of aliphatic hydroxyl groups is 2. The Morgan fingerprint density at radius 3 is 2.26 bits per heavy atom. The van der Waals surface area contributed by atoms with E-state index < -0.39 is 24.1 Å². The number of piperidine rings is 3. The van der Waals surface area contributed by atoms with Gasteiger partial charge in [-0.2, -0.15) is 0 Å². The molecule has 0 saturated carbocycles. The average Bonchev–Trinajstić information content (AvgIpc) is 3.22. The summed E-state index contributed by atoms with van der Waals surface area (Å²) in [5.74, 6) is -2.98. The number of aromatic nitrogens is 2. The summed E-state index contributed by atoms with van der Waals surface area (Å²) in [7, 11) is 0. The number of carbonyl (C=O) groups excluding carboxylic acids is 1. The van der Waals surface area contributed by atoms with Crippen LogP contribution in [-0.2, 0) is 9.59 Å². The molecule has 6 rings (SSSR count). The standard InChI is InChI=1S/C19H20N4O.C4H6O6/c24-19(21-16-11-22-7-5-13(16)6-8-22)17-12-23-15(10-20-17)9-14-3-1-2-4-18(14)23;5-1(3(7)8)2(6)4(9)10/h1-4,9-10,12-13,16H,5-8,11H2,(H,21,24);1-2,5-6H,(H,7,8)(H,9,10)/t16-;/m0./s1. The first kappa shape index (κ1) is 23.6. The molecule has 3 aliphatic heterocycles. The van der Waals surface area contributed by atoms with Crippen LogP contribution in [0.3, 0.4) is 0 Å². The van der Waals surface area contributed by atoms with Gasteiger partial charge in [-0.05, 0) is 44.0 Å². The first-order chi connectivity index (χ1) is 16.2. The molecule has 3 fully saturated rings. The van der Waals surface area contributed by atoms with Gasteiger partial charge in [0, 0.05) is 24.2 Å². The second-order valence-electron chi connectivity index (χ2n) is 8.55. The molecule has 5 N–H and O–H groups in total. The SMILES string of the molecule is O=C(N[C@H]1CN2CCC1CC2)c1cn2c(cn1)cc1ccccc12.O=C(O)C(O)C(O)C(=O)O. The highest BCUT2D eigenvalue weighted by atomic mass is 16.4. The van der Waals surface area contributed by atoms with Gasteiger partial charge in [-0.15, -0.1) is 0 Å². The summed E-state index contributed by atoms with van der Waals surface area (Å²) in [5, 5.41) is 36.9. The van der Waals surface area contributed by atoms with E-state index in [1.165, 1.54) is 25.9 Å². The second-order valence-corrected chi connectivity index (χ2v) is 8.55. The molecule has 34 heavy (non-hydrogen) atoms. The van der Waals surface area contributed by atoms with Crippen LogP contribution in [0.1, 0.15) is 23.3 Å². The number of fused-ring (bicyclic) bond motifs is 6. The normalized spacial score (nSPS) is 23.1. The van der Waals surface area contributed by atoms with Gasteiger partial charge in [0.25, 0.3) is 5.91 Å². The summed E-state index contributed by atoms with van der Waals surface area (Å²) in [4.78, 5) is 39.1. The quantitative estimate of drug-likeness (QED) is 0.350. The minimum absolute atomic E-state index is 0.0616. The predicted octanol–water partition coefficient (Wildman–Crippen LogP) is 0.189. The van der Waals surface area contributed by atoms with Gasteiger partial charge in [-0.3, -0.25) is 4.79 Å². The number of carbonyl (C=O) groups is 3. The number of para-hydroxylation sites is 1. The van der Waals surface area contributed by atoms with Crippen LogP contribution in [0.4, 0.5) is 0 Å². The smallest absolute Gasteiger partial charge is 0.335 e. The maximum atomic E-state index is 12.7. The van der Waals surface area contributed by atoms with Crippen LogP contribution >= 0.6 is 0 Å². The van der Waals surface area contributed by atoms with Crippen LogP contribution in [0.25, 0.3) is 16.4 Å². The Morgan fingerprint density at radius 1 is 1.03 bits per heavy atom. The third-order valence-corrected chi connectivity index (χ3v) is 6.38. The minimum atomic E-state index is -2.27. The van der Waals surface area contributed by atoms with Gasteiger partial charge in [0.15, 0.2) is 12.2 Å². The molecule has 0 aliphatic carbocycles. The van der Waals surface area contributed by atoms with Gasteiger partial charge in [0.05, 0.1) is 17.2 Å². The molecule has 1 aromatic carbocycles. The molecule has 0 radical (unpaired) electrons. The molecule has 11 heteroatoms. The van der Waals surface area contributed by atoms with Crippen LogP contribution in [0.15, 0.2) is 42.7 Å². The summed E-state index contributed by atoms with van der Waals surface area (Å²) in [6, 6.07) is 10.5. The van der Waals surface area contributed by atoms with Gasteiger partial charge in [0.2, 0.25) is 0 Å². The van der Waals surface area contributed by atoms with E-state index in [4.69, 9.17) is 20.4 Å². The number of hydrogen-bond donors (Lipinski definition) is 5. The highest BCUT2D eigenvalue weighted by Gasteiger charge is 2.35. The average molecular weight is 470 g/mol. The minimum Gasteiger partial charge on any atom is -0.479 e. The third kappa shape index (κ3) is 4.86. The molecule has 3 aliphatic rings. The molecule has 180 valence electrons. The maximum Gasteiger partial charge on any atom is 0.335 e. The zero-order chi connectivity index (χ0) is 24.4. The van der Waals surface area contributed by atoms with Crippen molar-refractivity contribution in [3.8, 4) is 0 Å². The number of aliphatic hydroxyl groups excluding tert-OH is 2. The van der Waals surface area contributed by atoms with Crippen LogP contribution in [0.5, 0.6) is 0 Å². The second kappa shape index (κ2) is 9.75. The Labute approximate surface area is 194 Å².